The molecule has 5 rings (SSSR count). The summed E-state index contributed by atoms with van der Waals surface area (Å²) in [6.07, 6.45) is 3.34. The van der Waals surface area contributed by atoms with Gasteiger partial charge in [-0.05, 0) is 58.8 Å². The molecule has 2 heterocycles. The van der Waals surface area contributed by atoms with E-state index in [0.717, 1.165) is 28.5 Å². The summed E-state index contributed by atoms with van der Waals surface area (Å²) in [4.78, 5) is 34.1. The second-order valence-electron chi connectivity index (χ2n) is 8.38. The summed E-state index contributed by atoms with van der Waals surface area (Å²) in [5, 5.41) is 1.89. The van der Waals surface area contributed by atoms with Gasteiger partial charge in [0.15, 0.2) is 0 Å². The van der Waals surface area contributed by atoms with Crippen LogP contribution in [0.15, 0.2) is 96.0 Å². The van der Waals surface area contributed by atoms with Gasteiger partial charge in [0, 0.05) is 19.3 Å². The van der Waals surface area contributed by atoms with Gasteiger partial charge in [0.2, 0.25) is 11.8 Å². The monoisotopic (exact) mass is 524 g/mol. The number of thioether (sulfide) groups is 1. The van der Waals surface area contributed by atoms with Crippen molar-refractivity contribution in [1.29, 1.82) is 0 Å². The van der Waals surface area contributed by atoms with E-state index in [-0.39, 0.29) is 11.1 Å². The highest BCUT2D eigenvalue weighted by molar-refractivity contribution is 8.18. The number of aromatic nitrogens is 2. The van der Waals surface area contributed by atoms with Gasteiger partial charge in [0.25, 0.3) is 11.1 Å². The third kappa shape index (κ3) is 6.37. The van der Waals surface area contributed by atoms with Crippen LogP contribution in [0, 0.1) is 0 Å². The molecule has 1 aliphatic heterocycles. The van der Waals surface area contributed by atoms with Crippen molar-refractivity contribution in [2.45, 2.75) is 0 Å². The van der Waals surface area contributed by atoms with E-state index in [2.05, 4.69) is 27.4 Å². The van der Waals surface area contributed by atoms with Gasteiger partial charge >= 0.3 is 0 Å². The van der Waals surface area contributed by atoms with Crippen molar-refractivity contribution in [2.75, 3.05) is 25.1 Å². The number of ether oxygens (including phenoxy) is 2. The summed E-state index contributed by atoms with van der Waals surface area (Å²) in [6, 6.07) is 27.1. The average Bonchev–Trinajstić information content (AvgIpc) is 3.26. The van der Waals surface area contributed by atoms with E-state index in [1.807, 2.05) is 78.7 Å². The molecule has 4 aromatic rings. The number of hydrogen-bond acceptors (Lipinski definition) is 8. The first-order valence-corrected chi connectivity index (χ1v) is 12.7. The van der Waals surface area contributed by atoms with Crippen LogP contribution < -0.4 is 19.7 Å². The van der Waals surface area contributed by atoms with Crippen LogP contribution in [-0.4, -0.2) is 41.3 Å². The Hall–Kier alpha value is -4.63. The molecule has 3 aromatic carbocycles. The van der Waals surface area contributed by atoms with Gasteiger partial charge in [-0.2, -0.15) is 4.98 Å². The smallest absolute Gasteiger partial charge is 0.290 e. The normalized spacial score (nSPS) is 13.9. The molecule has 1 aromatic heterocycles. The average molecular weight is 525 g/mol. The van der Waals surface area contributed by atoms with Crippen LogP contribution in [0.5, 0.6) is 17.4 Å². The summed E-state index contributed by atoms with van der Waals surface area (Å²) < 4.78 is 11.8. The first-order chi connectivity index (χ1) is 18.5. The summed E-state index contributed by atoms with van der Waals surface area (Å²) >= 11 is 0.892. The molecular weight excluding hydrogens is 500 g/mol. The van der Waals surface area contributed by atoms with Gasteiger partial charge in [-0.15, -0.1) is 0 Å². The minimum atomic E-state index is -0.374. The number of hydrogen-bond donors (Lipinski definition) is 1. The standard InChI is InChI=1S/C29H24N4O4S/c1-33(17-18-36-23-11-7-20(8-12-23)19-25-27(34)32-29(35)38-25)28-30-16-15-26(31-28)37-24-13-9-22(10-14-24)21-5-3-2-4-6-21/h2-16,19H,17-18H2,1H3,(H,32,34,35)/b25-19-. The Labute approximate surface area is 224 Å². The molecule has 190 valence electrons. The van der Waals surface area contributed by atoms with Gasteiger partial charge in [0.05, 0.1) is 11.4 Å². The fourth-order valence-corrected chi connectivity index (χ4v) is 4.36. The number of nitrogens with zero attached hydrogens (tertiary/aromatic N) is 3. The Kier molecular flexibility index (Phi) is 7.65. The molecule has 38 heavy (non-hydrogen) atoms. The second-order valence-corrected chi connectivity index (χ2v) is 9.39. The van der Waals surface area contributed by atoms with E-state index < -0.39 is 0 Å². The number of imide groups is 1. The van der Waals surface area contributed by atoms with Gasteiger partial charge < -0.3 is 14.4 Å². The van der Waals surface area contributed by atoms with Crippen molar-refractivity contribution < 1.29 is 19.1 Å². The number of anilines is 1. The van der Waals surface area contributed by atoms with Gasteiger partial charge in [0.1, 0.15) is 18.1 Å². The zero-order valence-corrected chi connectivity index (χ0v) is 21.4. The molecule has 0 unspecified atom stereocenters. The predicted octanol–water partition coefficient (Wildman–Crippen LogP) is 5.78. The third-order valence-electron chi connectivity index (χ3n) is 5.66. The first kappa shape index (κ1) is 25.0. The van der Waals surface area contributed by atoms with Crippen LogP contribution in [0.2, 0.25) is 0 Å². The Morgan fingerprint density at radius 3 is 2.32 bits per heavy atom. The lowest BCUT2D eigenvalue weighted by Crippen LogP contribution is -2.25. The molecule has 0 bridgehead atoms. The van der Waals surface area contributed by atoms with Gasteiger partial charge in [-0.3, -0.25) is 14.9 Å². The minimum absolute atomic E-state index is 0.358. The van der Waals surface area contributed by atoms with Crippen molar-refractivity contribution in [3.63, 3.8) is 0 Å². The fraction of sp³-hybridized carbons (Fsp3) is 0.103. The lowest BCUT2D eigenvalue weighted by atomic mass is 10.1. The number of carbonyl (C=O) groups excluding carboxylic acids is 2. The zero-order valence-electron chi connectivity index (χ0n) is 20.5. The molecule has 1 N–H and O–H groups in total. The quantitative estimate of drug-likeness (QED) is 0.276. The summed E-state index contributed by atoms with van der Waals surface area (Å²) in [5.74, 6) is 1.99. The van der Waals surface area contributed by atoms with Crippen molar-refractivity contribution in [3.05, 3.63) is 102 Å². The molecule has 0 spiro atoms. The predicted molar refractivity (Wildman–Crippen MR) is 148 cm³/mol. The van der Waals surface area contributed by atoms with E-state index in [0.29, 0.717) is 41.4 Å². The van der Waals surface area contributed by atoms with Crippen molar-refractivity contribution >= 4 is 34.9 Å². The molecule has 9 heteroatoms. The van der Waals surface area contributed by atoms with Crippen LogP contribution in [0.1, 0.15) is 5.56 Å². The van der Waals surface area contributed by atoms with Crippen LogP contribution in [0.25, 0.3) is 17.2 Å². The van der Waals surface area contributed by atoms with E-state index in [4.69, 9.17) is 9.47 Å². The van der Waals surface area contributed by atoms with Crippen molar-refractivity contribution in [2.24, 2.45) is 0 Å². The molecule has 1 aliphatic rings. The van der Waals surface area contributed by atoms with E-state index in [9.17, 15) is 9.59 Å². The minimum Gasteiger partial charge on any atom is -0.492 e. The van der Waals surface area contributed by atoms with Crippen LogP contribution in [-0.2, 0) is 4.79 Å². The SMILES string of the molecule is CN(CCOc1ccc(/C=C2\SC(=O)NC2=O)cc1)c1nccc(Oc2ccc(-c3ccccc3)cc2)n1. The third-order valence-corrected chi connectivity index (χ3v) is 6.47. The zero-order chi connectivity index (χ0) is 26.3. The Balaban J connectivity index is 1.13. The first-order valence-electron chi connectivity index (χ1n) is 11.9. The number of nitrogens with one attached hydrogen (secondary N) is 1. The van der Waals surface area contributed by atoms with Crippen LogP contribution in [0.4, 0.5) is 10.7 Å². The maximum absolute atomic E-state index is 11.7. The van der Waals surface area contributed by atoms with E-state index >= 15 is 0 Å². The number of carbonyl (C=O) groups is 2. The highest BCUT2D eigenvalue weighted by Crippen LogP contribution is 2.27. The topological polar surface area (TPSA) is 93.7 Å². The molecule has 0 aliphatic carbocycles. The maximum atomic E-state index is 11.7. The lowest BCUT2D eigenvalue weighted by molar-refractivity contribution is -0.115. The fourth-order valence-electron chi connectivity index (χ4n) is 3.67. The highest BCUT2D eigenvalue weighted by Gasteiger charge is 2.24. The molecule has 1 saturated heterocycles. The molecule has 8 nitrogen and oxygen atoms in total. The van der Waals surface area contributed by atoms with Crippen LogP contribution in [0.3, 0.4) is 0 Å². The molecule has 2 amide bonds. The molecule has 0 atom stereocenters. The second kappa shape index (κ2) is 11.6. The molecule has 1 fully saturated rings. The Bertz CT molecular complexity index is 1460. The van der Waals surface area contributed by atoms with E-state index in [1.54, 1.807) is 18.3 Å². The number of amides is 2. The summed E-state index contributed by atoms with van der Waals surface area (Å²) in [5.41, 5.74) is 3.07. The number of benzene rings is 3. The molecule has 0 saturated carbocycles. The van der Waals surface area contributed by atoms with Crippen molar-refractivity contribution in [1.82, 2.24) is 15.3 Å². The van der Waals surface area contributed by atoms with Crippen molar-refractivity contribution in [3.8, 4) is 28.5 Å². The summed E-state index contributed by atoms with van der Waals surface area (Å²) in [7, 11) is 1.89. The number of rotatable bonds is 9. The van der Waals surface area contributed by atoms with Gasteiger partial charge in [-0.25, -0.2) is 4.98 Å². The Morgan fingerprint density at radius 2 is 1.61 bits per heavy atom. The molecular formula is C29H24N4O4S. The number of likely N-dealkylation sites (N-methyl/N-ethyl adjacent to an activating group) is 1. The molecule has 0 radical (unpaired) electrons. The lowest BCUT2D eigenvalue weighted by Gasteiger charge is -2.18. The Morgan fingerprint density at radius 1 is 0.895 bits per heavy atom. The van der Waals surface area contributed by atoms with Gasteiger partial charge in [-0.1, -0.05) is 54.6 Å². The highest BCUT2D eigenvalue weighted by atomic mass is 32.2. The largest absolute Gasteiger partial charge is 0.492 e. The van der Waals surface area contributed by atoms with Crippen LogP contribution >= 0.6 is 11.8 Å². The maximum Gasteiger partial charge on any atom is 0.290 e. The van der Waals surface area contributed by atoms with E-state index in [1.165, 1.54) is 0 Å². The summed E-state index contributed by atoms with van der Waals surface area (Å²) in [6.45, 7) is 0.971.